The van der Waals surface area contributed by atoms with Crippen molar-refractivity contribution >= 4 is 5.57 Å². The first-order valence-electron chi connectivity index (χ1n) is 19.1. The number of benzene rings is 7. The van der Waals surface area contributed by atoms with Gasteiger partial charge in [-0.05, 0) is 79.8 Å². The molecule has 1 atom stereocenters. The predicted molar refractivity (Wildman–Crippen MR) is 231 cm³/mol. The maximum Gasteiger partial charge on any atom is 0.164 e. The molecule has 1 spiro atoms. The van der Waals surface area contributed by atoms with Gasteiger partial charge in [-0.15, -0.1) is 0 Å². The van der Waals surface area contributed by atoms with Crippen molar-refractivity contribution < 1.29 is 0 Å². The molecule has 8 aromatic rings. The Bertz CT molecular complexity index is 2790. The average molecular weight is 716 g/mol. The third kappa shape index (κ3) is 5.24. The minimum atomic E-state index is -0.388. The van der Waals surface area contributed by atoms with Crippen molar-refractivity contribution in [3.05, 3.63) is 229 Å². The minimum Gasteiger partial charge on any atom is -0.208 e. The van der Waals surface area contributed by atoms with E-state index < -0.39 is 0 Å². The lowest BCUT2D eigenvalue weighted by Gasteiger charge is -2.31. The Labute approximate surface area is 327 Å². The third-order valence-electron chi connectivity index (χ3n) is 11.3. The molecule has 264 valence electrons. The summed E-state index contributed by atoms with van der Waals surface area (Å²) in [6, 6.07) is 62.4. The second-order valence-electron chi connectivity index (χ2n) is 14.3. The Morgan fingerprint density at radius 3 is 1.36 bits per heavy atom. The Balaban J connectivity index is 0.991. The van der Waals surface area contributed by atoms with E-state index in [1.54, 1.807) is 0 Å². The number of allylic oxidation sites excluding steroid dienone is 5. The molecule has 0 N–H and O–H groups in total. The standard InChI is InChI=1S/C53H37N3/c1-3-15-46-42(4-2)43-20-11-13-22-47(43)53(46)48-23-14-12-21-44(48)45-34-41(32-33-49(45)53)37-26-24-35(25-27-37)36-28-30-40(31-29-36)52-55-50(38-16-7-5-8-17-38)54-51(56-52)39-18-9-6-10-19-39/h3-34H,1H2,2H3/b42-4-,46-15+. The zero-order valence-corrected chi connectivity index (χ0v) is 31.0. The second-order valence-corrected chi connectivity index (χ2v) is 14.3. The van der Waals surface area contributed by atoms with Gasteiger partial charge < -0.3 is 0 Å². The van der Waals surface area contributed by atoms with Crippen LogP contribution in [0.3, 0.4) is 0 Å². The number of rotatable bonds is 6. The van der Waals surface area contributed by atoms with Crippen LogP contribution in [0.2, 0.25) is 0 Å². The topological polar surface area (TPSA) is 38.7 Å². The zero-order valence-electron chi connectivity index (χ0n) is 31.0. The van der Waals surface area contributed by atoms with Crippen LogP contribution < -0.4 is 0 Å². The fourth-order valence-electron chi connectivity index (χ4n) is 8.83. The summed E-state index contributed by atoms with van der Waals surface area (Å²) < 4.78 is 0. The van der Waals surface area contributed by atoms with Gasteiger partial charge in [-0.2, -0.15) is 0 Å². The lowest BCUT2D eigenvalue weighted by atomic mass is 9.70. The van der Waals surface area contributed by atoms with E-state index in [-0.39, 0.29) is 5.41 Å². The van der Waals surface area contributed by atoms with Gasteiger partial charge in [0.1, 0.15) is 0 Å². The first kappa shape index (κ1) is 33.3. The number of aromatic nitrogens is 3. The third-order valence-corrected chi connectivity index (χ3v) is 11.3. The van der Waals surface area contributed by atoms with E-state index in [0.717, 1.165) is 27.8 Å². The van der Waals surface area contributed by atoms with E-state index in [1.165, 1.54) is 55.7 Å². The summed E-state index contributed by atoms with van der Waals surface area (Å²) in [6.45, 7) is 6.28. The monoisotopic (exact) mass is 715 g/mol. The van der Waals surface area contributed by atoms with Crippen molar-refractivity contribution in [2.75, 3.05) is 0 Å². The molecule has 10 rings (SSSR count). The number of hydrogen-bond donors (Lipinski definition) is 0. The highest BCUT2D eigenvalue weighted by Crippen LogP contribution is 2.63. The van der Waals surface area contributed by atoms with E-state index in [4.69, 9.17) is 15.0 Å². The molecular formula is C53H37N3. The molecule has 0 amide bonds. The van der Waals surface area contributed by atoms with Crippen LogP contribution in [0.1, 0.15) is 29.2 Å². The first-order valence-corrected chi connectivity index (χ1v) is 19.1. The second kappa shape index (κ2) is 13.6. The summed E-state index contributed by atoms with van der Waals surface area (Å²) in [5, 5.41) is 0. The lowest BCUT2D eigenvalue weighted by Crippen LogP contribution is -2.26. The maximum absolute atomic E-state index is 4.91. The number of hydrogen-bond acceptors (Lipinski definition) is 3. The quantitative estimate of drug-likeness (QED) is 0.172. The Kier molecular flexibility index (Phi) is 8.08. The van der Waals surface area contributed by atoms with Crippen molar-refractivity contribution in [2.45, 2.75) is 12.3 Å². The van der Waals surface area contributed by atoms with Crippen molar-refractivity contribution in [2.24, 2.45) is 0 Å². The molecule has 0 saturated carbocycles. The van der Waals surface area contributed by atoms with Crippen LogP contribution in [-0.2, 0) is 5.41 Å². The molecule has 0 radical (unpaired) electrons. The molecule has 1 heterocycles. The number of nitrogens with zero attached hydrogens (tertiary/aromatic N) is 3. The summed E-state index contributed by atoms with van der Waals surface area (Å²) >= 11 is 0. The fourth-order valence-corrected chi connectivity index (χ4v) is 8.83. The Morgan fingerprint density at radius 2 is 0.821 bits per heavy atom. The van der Waals surface area contributed by atoms with Gasteiger partial charge in [0.25, 0.3) is 0 Å². The molecule has 1 unspecified atom stereocenters. The van der Waals surface area contributed by atoms with E-state index in [1.807, 2.05) is 66.7 Å². The highest BCUT2D eigenvalue weighted by atomic mass is 15.0. The van der Waals surface area contributed by atoms with Crippen LogP contribution in [0.15, 0.2) is 206 Å². The fraction of sp³-hybridized carbons (Fsp3) is 0.0377. The van der Waals surface area contributed by atoms with Gasteiger partial charge in [0, 0.05) is 16.7 Å². The molecule has 2 aliphatic carbocycles. The van der Waals surface area contributed by atoms with E-state index >= 15 is 0 Å². The molecule has 0 aliphatic heterocycles. The average Bonchev–Trinajstić information content (AvgIpc) is 3.73. The molecule has 1 aromatic heterocycles. The van der Waals surface area contributed by atoms with Gasteiger partial charge in [-0.1, -0.05) is 195 Å². The molecule has 7 aromatic carbocycles. The molecule has 56 heavy (non-hydrogen) atoms. The molecule has 2 aliphatic rings. The van der Waals surface area contributed by atoms with Crippen LogP contribution in [0, 0.1) is 0 Å². The molecule has 0 fully saturated rings. The predicted octanol–water partition coefficient (Wildman–Crippen LogP) is 13.1. The van der Waals surface area contributed by atoms with Crippen molar-refractivity contribution in [1.29, 1.82) is 0 Å². The minimum absolute atomic E-state index is 0.388. The molecule has 3 nitrogen and oxygen atoms in total. The van der Waals surface area contributed by atoms with Crippen LogP contribution in [-0.4, -0.2) is 15.0 Å². The summed E-state index contributed by atoms with van der Waals surface area (Å²) in [5.74, 6) is 1.96. The van der Waals surface area contributed by atoms with Gasteiger partial charge in [0.2, 0.25) is 0 Å². The van der Waals surface area contributed by atoms with E-state index in [0.29, 0.717) is 17.5 Å². The Hall–Kier alpha value is -7.23. The summed E-state index contributed by atoms with van der Waals surface area (Å²) in [7, 11) is 0. The van der Waals surface area contributed by atoms with Gasteiger partial charge in [0.15, 0.2) is 17.5 Å². The van der Waals surface area contributed by atoms with E-state index in [9.17, 15) is 0 Å². The first-order chi connectivity index (χ1) is 27.7. The van der Waals surface area contributed by atoms with Crippen LogP contribution in [0.25, 0.3) is 73.1 Å². The summed E-state index contributed by atoms with van der Waals surface area (Å²) in [4.78, 5) is 14.7. The van der Waals surface area contributed by atoms with Gasteiger partial charge in [-0.3, -0.25) is 0 Å². The van der Waals surface area contributed by atoms with Gasteiger partial charge in [0.05, 0.1) is 5.41 Å². The highest BCUT2D eigenvalue weighted by molar-refractivity contribution is 6.00. The largest absolute Gasteiger partial charge is 0.208 e. The lowest BCUT2D eigenvalue weighted by molar-refractivity contribution is 0.794. The van der Waals surface area contributed by atoms with Crippen LogP contribution >= 0.6 is 0 Å². The molecular weight excluding hydrogens is 679 g/mol. The Morgan fingerprint density at radius 1 is 0.411 bits per heavy atom. The molecule has 0 bridgehead atoms. The van der Waals surface area contributed by atoms with Gasteiger partial charge >= 0.3 is 0 Å². The van der Waals surface area contributed by atoms with E-state index in [2.05, 4.69) is 141 Å². The van der Waals surface area contributed by atoms with Crippen molar-refractivity contribution in [3.8, 4) is 67.5 Å². The van der Waals surface area contributed by atoms with Crippen LogP contribution in [0.4, 0.5) is 0 Å². The SMILES string of the molecule is C=C/C=C1\C(=C/C)c2ccccc2C12c1ccccc1-c1cc(-c3ccc(-c4ccc(-c5nc(-c6ccccc6)nc(-c6ccccc6)n5)cc4)cc3)ccc12. The number of fused-ring (bicyclic) bond motifs is 7. The maximum atomic E-state index is 4.91. The normalized spacial score (nSPS) is 16.5. The summed E-state index contributed by atoms with van der Waals surface area (Å²) in [6.07, 6.45) is 6.41. The van der Waals surface area contributed by atoms with Crippen molar-refractivity contribution in [1.82, 2.24) is 15.0 Å². The van der Waals surface area contributed by atoms with Gasteiger partial charge in [-0.25, -0.2) is 15.0 Å². The zero-order chi connectivity index (χ0) is 37.6. The highest BCUT2D eigenvalue weighted by Gasteiger charge is 2.52. The molecule has 0 saturated heterocycles. The smallest absolute Gasteiger partial charge is 0.164 e. The van der Waals surface area contributed by atoms with Crippen molar-refractivity contribution in [3.63, 3.8) is 0 Å². The summed E-state index contributed by atoms with van der Waals surface area (Å²) in [5.41, 5.74) is 17.5. The molecule has 3 heteroatoms. The van der Waals surface area contributed by atoms with Crippen LogP contribution in [0.5, 0.6) is 0 Å².